The zero-order valence-electron chi connectivity index (χ0n) is 16.8. The summed E-state index contributed by atoms with van der Waals surface area (Å²) in [6.45, 7) is 1.94. The average molecular weight is 414 g/mol. The summed E-state index contributed by atoms with van der Waals surface area (Å²) in [5.41, 5.74) is 2.73. The van der Waals surface area contributed by atoms with E-state index in [-0.39, 0.29) is 12.4 Å². The van der Waals surface area contributed by atoms with Gasteiger partial charge in [-0.2, -0.15) is 10.1 Å². The highest BCUT2D eigenvalue weighted by molar-refractivity contribution is 6.30. The SMILES string of the molecule is CC1=NN(C(=O)c2ccccc2)C(=O)/C1=C/c1ccc(OCc2cccc(F)c2)cc1. The predicted molar refractivity (Wildman–Crippen MR) is 116 cm³/mol. The molecule has 5 nitrogen and oxygen atoms in total. The number of amides is 2. The van der Waals surface area contributed by atoms with Crippen LogP contribution in [0.2, 0.25) is 0 Å². The minimum Gasteiger partial charge on any atom is -0.489 e. The van der Waals surface area contributed by atoms with Gasteiger partial charge in [-0.1, -0.05) is 42.5 Å². The molecule has 0 aliphatic carbocycles. The highest BCUT2D eigenvalue weighted by Crippen LogP contribution is 2.22. The molecular weight excluding hydrogens is 395 g/mol. The van der Waals surface area contributed by atoms with E-state index in [1.54, 1.807) is 79.7 Å². The molecular formula is C25H19FN2O3. The Morgan fingerprint density at radius 3 is 2.48 bits per heavy atom. The van der Waals surface area contributed by atoms with Crippen LogP contribution in [-0.4, -0.2) is 22.5 Å². The van der Waals surface area contributed by atoms with Crippen molar-refractivity contribution in [1.82, 2.24) is 5.01 Å². The Bertz CT molecular complexity index is 1180. The Hall–Kier alpha value is -4.06. The summed E-state index contributed by atoms with van der Waals surface area (Å²) in [6.07, 6.45) is 1.69. The standard InChI is InChI=1S/C25H19FN2O3/c1-17-23(25(30)28(27-17)24(29)20-7-3-2-4-8-20)15-18-10-12-22(13-11-18)31-16-19-6-5-9-21(26)14-19/h2-15H,16H2,1H3/b23-15+. The van der Waals surface area contributed by atoms with E-state index in [9.17, 15) is 14.0 Å². The van der Waals surface area contributed by atoms with E-state index in [2.05, 4.69) is 5.10 Å². The lowest BCUT2D eigenvalue weighted by Crippen LogP contribution is -2.29. The molecule has 2 amide bonds. The molecule has 0 saturated carbocycles. The van der Waals surface area contributed by atoms with Crippen LogP contribution < -0.4 is 4.74 Å². The number of halogens is 1. The van der Waals surface area contributed by atoms with E-state index in [1.807, 2.05) is 0 Å². The fraction of sp³-hybridized carbons (Fsp3) is 0.0800. The first-order valence-corrected chi connectivity index (χ1v) is 9.70. The van der Waals surface area contributed by atoms with Crippen molar-refractivity contribution in [2.24, 2.45) is 5.10 Å². The Labute approximate surface area is 179 Å². The van der Waals surface area contributed by atoms with E-state index >= 15 is 0 Å². The van der Waals surface area contributed by atoms with Crippen LogP contribution >= 0.6 is 0 Å². The fourth-order valence-corrected chi connectivity index (χ4v) is 3.15. The van der Waals surface area contributed by atoms with Crippen molar-refractivity contribution in [3.8, 4) is 5.75 Å². The molecule has 3 aromatic carbocycles. The smallest absolute Gasteiger partial charge is 0.283 e. The summed E-state index contributed by atoms with van der Waals surface area (Å²) in [7, 11) is 0. The van der Waals surface area contributed by atoms with Gasteiger partial charge in [0.25, 0.3) is 11.8 Å². The number of rotatable bonds is 5. The molecule has 0 fully saturated rings. The molecule has 4 rings (SSSR count). The Balaban J connectivity index is 1.45. The number of carbonyl (C=O) groups excluding carboxylic acids is 2. The summed E-state index contributed by atoms with van der Waals surface area (Å²) in [6, 6.07) is 21.9. The molecule has 3 aromatic rings. The first-order valence-electron chi connectivity index (χ1n) is 9.70. The van der Waals surface area contributed by atoms with Crippen LogP contribution in [0.25, 0.3) is 6.08 Å². The Kier molecular flexibility index (Phi) is 5.71. The van der Waals surface area contributed by atoms with Gasteiger partial charge in [0.2, 0.25) is 0 Å². The maximum Gasteiger partial charge on any atom is 0.283 e. The number of nitrogens with zero attached hydrogens (tertiary/aromatic N) is 2. The van der Waals surface area contributed by atoms with Gasteiger partial charge < -0.3 is 4.74 Å². The zero-order chi connectivity index (χ0) is 21.8. The third-order valence-electron chi connectivity index (χ3n) is 4.76. The summed E-state index contributed by atoms with van der Waals surface area (Å²) in [4.78, 5) is 25.3. The average Bonchev–Trinajstić information content (AvgIpc) is 3.07. The van der Waals surface area contributed by atoms with Gasteiger partial charge >= 0.3 is 0 Å². The largest absolute Gasteiger partial charge is 0.489 e. The van der Waals surface area contributed by atoms with Crippen LogP contribution in [0.4, 0.5) is 4.39 Å². The minimum atomic E-state index is -0.463. The lowest BCUT2D eigenvalue weighted by Gasteiger charge is -2.09. The highest BCUT2D eigenvalue weighted by atomic mass is 19.1. The quantitative estimate of drug-likeness (QED) is 0.443. The number of hydrogen-bond donors (Lipinski definition) is 0. The summed E-state index contributed by atoms with van der Waals surface area (Å²) in [5, 5.41) is 5.03. The van der Waals surface area contributed by atoms with Gasteiger partial charge in [-0.25, -0.2) is 4.39 Å². The Morgan fingerprint density at radius 1 is 1.03 bits per heavy atom. The van der Waals surface area contributed by atoms with E-state index in [1.165, 1.54) is 12.1 Å². The lowest BCUT2D eigenvalue weighted by molar-refractivity contribution is -0.123. The normalized spacial score (nSPS) is 14.6. The first-order chi connectivity index (χ1) is 15.0. The molecule has 0 aromatic heterocycles. The molecule has 0 unspecified atom stereocenters. The van der Waals surface area contributed by atoms with Crippen molar-refractivity contribution in [2.75, 3.05) is 0 Å². The van der Waals surface area contributed by atoms with Gasteiger partial charge in [0.15, 0.2) is 0 Å². The monoisotopic (exact) mass is 414 g/mol. The van der Waals surface area contributed by atoms with Crippen LogP contribution in [-0.2, 0) is 11.4 Å². The van der Waals surface area contributed by atoms with Crippen molar-refractivity contribution in [1.29, 1.82) is 0 Å². The molecule has 0 atom stereocenters. The maximum absolute atomic E-state index is 13.3. The number of hydrazone groups is 1. The van der Waals surface area contributed by atoms with Gasteiger partial charge in [0, 0.05) is 5.56 Å². The number of benzene rings is 3. The van der Waals surface area contributed by atoms with E-state index in [4.69, 9.17) is 4.74 Å². The van der Waals surface area contributed by atoms with Gasteiger partial charge in [-0.3, -0.25) is 9.59 Å². The number of hydrogen-bond acceptors (Lipinski definition) is 4. The second kappa shape index (κ2) is 8.75. The Morgan fingerprint density at radius 2 is 1.77 bits per heavy atom. The van der Waals surface area contributed by atoms with Gasteiger partial charge in [-0.15, -0.1) is 0 Å². The van der Waals surface area contributed by atoms with Crippen molar-refractivity contribution in [2.45, 2.75) is 13.5 Å². The molecule has 6 heteroatoms. The van der Waals surface area contributed by atoms with Gasteiger partial charge in [-0.05, 0) is 60.5 Å². The molecule has 0 radical (unpaired) electrons. The van der Waals surface area contributed by atoms with Crippen molar-refractivity contribution < 1.29 is 18.7 Å². The fourth-order valence-electron chi connectivity index (χ4n) is 3.15. The molecule has 0 spiro atoms. The third-order valence-corrected chi connectivity index (χ3v) is 4.76. The van der Waals surface area contributed by atoms with Crippen molar-refractivity contribution in [3.63, 3.8) is 0 Å². The van der Waals surface area contributed by atoms with Gasteiger partial charge in [0.1, 0.15) is 18.2 Å². The molecule has 1 aliphatic rings. The minimum absolute atomic E-state index is 0.249. The maximum atomic E-state index is 13.3. The summed E-state index contributed by atoms with van der Waals surface area (Å²) in [5.74, 6) is -0.608. The van der Waals surface area contributed by atoms with Gasteiger partial charge in [0.05, 0.1) is 11.3 Å². The van der Waals surface area contributed by atoms with Crippen LogP contribution in [0.3, 0.4) is 0 Å². The van der Waals surface area contributed by atoms with Crippen LogP contribution in [0.15, 0.2) is 89.5 Å². The number of imide groups is 1. The molecule has 0 bridgehead atoms. The molecule has 1 aliphatic heterocycles. The second-order valence-electron chi connectivity index (χ2n) is 7.02. The van der Waals surface area contributed by atoms with E-state index < -0.39 is 11.8 Å². The molecule has 31 heavy (non-hydrogen) atoms. The van der Waals surface area contributed by atoms with E-state index in [0.29, 0.717) is 22.6 Å². The molecule has 0 saturated heterocycles. The van der Waals surface area contributed by atoms with Crippen molar-refractivity contribution in [3.05, 3.63) is 107 Å². The molecule has 154 valence electrons. The van der Waals surface area contributed by atoms with Crippen molar-refractivity contribution >= 4 is 23.6 Å². The number of carbonyl (C=O) groups is 2. The summed E-state index contributed by atoms with van der Waals surface area (Å²) < 4.78 is 18.9. The third kappa shape index (κ3) is 4.59. The number of ether oxygens (including phenoxy) is 1. The molecule has 1 heterocycles. The molecule has 0 N–H and O–H groups in total. The zero-order valence-corrected chi connectivity index (χ0v) is 16.8. The highest BCUT2D eigenvalue weighted by Gasteiger charge is 2.32. The second-order valence-corrected chi connectivity index (χ2v) is 7.02. The van der Waals surface area contributed by atoms with Crippen LogP contribution in [0.1, 0.15) is 28.4 Å². The van der Waals surface area contributed by atoms with Crippen LogP contribution in [0, 0.1) is 5.82 Å². The lowest BCUT2D eigenvalue weighted by atomic mass is 10.1. The summed E-state index contributed by atoms with van der Waals surface area (Å²) >= 11 is 0. The first kappa shape index (κ1) is 20.2. The topological polar surface area (TPSA) is 59.0 Å². The van der Waals surface area contributed by atoms with Crippen LogP contribution in [0.5, 0.6) is 5.75 Å². The van der Waals surface area contributed by atoms with E-state index in [0.717, 1.165) is 16.1 Å². The predicted octanol–water partition coefficient (Wildman–Crippen LogP) is 4.85.